The van der Waals surface area contributed by atoms with Gasteiger partial charge in [0.15, 0.2) is 0 Å². The molecule has 0 amide bonds. The van der Waals surface area contributed by atoms with Crippen molar-refractivity contribution < 1.29 is 14.3 Å². The highest BCUT2D eigenvalue weighted by atomic mass is 35.5. The first-order valence-corrected chi connectivity index (χ1v) is 10.3. The van der Waals surface area contributed by atoms with Crippen LogP contribution in [-0.4, -0.2) is 12.6 Å². The average molecular weight is 405 g/mol. The number of fused-ring (bicyclic) bond motifs is 4. The zero-order valence-corrected chi connectivity index (χ0v) is 16.6. The van der Waals surface area contributed by atoms with Crippen LogP contribution in [0.1, 0.15) is 40.2 Å². The molecule has 0 unspecified atom stereocenters. The van der Waals surface area contributed by atoms with Crippen LogP contribution in [0, 0.1) is 5.92 Å². The lowest BCUT2D eigenvalue weighted by Gasteiger charge is -2.34. The van der Waals surface area contributed by atoms with Gasteiger partial charge in [0.05, 0.1) is 19.1 Å². The molecule has 0 spiro atoms. The van der Waals surface area contributed by atoms with Gasteiger partial charge in [0.25, 0.3) is 0 Å². The highest BCUT2D eigenvalue weighted by Gasteiger charge is 2.54. The molecule has 1 aliphatic heterocycles. The minimum absolute atomic E-state index is 0.0278. The molecule has 3 nitrogen and oxygen atoms in total. The predicted molar refractivity (Wildman–Crippen MR) is 112 cm³/mol. The Hall–Kier alpha value is -2.62. The molecule has 1 heterocycles. The topological polar surface area (TPSA) is 35.5 Å². The van der Waals surface area contributed by atoms with E-state index in [0.717, 1.165) is 22.3 Å². The molecule has 3 aromatic rings. The summed E-state index contributed by atoms with van der Waals surface area (Å²) in [5, 5.41) is 0.687. The van der Waals surface area contributed by atoms with Crippen molar-refractivity contribution in [1.29, 1.82) is 0 Å². The van der Waals surface area contributed by atoms with E-state index < -0.39 is 0 Å². The molecule has 4 atom stereocenters. The Bertz CT molecular complexity index is 1020. The van der Waals surface area contributed by atoms with Crippen molar-refractivity contribution in [3.8, 4) is 0 Å². The van der Waals surface area contributed by atoms with Gasteiger partial charge in [0.2, 0.25) is 0 Å². The maximum Gasteiger partial charge on any atom is 0.311 e. The minimum Gasteiger partial charge on any atom is -0.457 e. The Morgan fingerprint density at radius 2 is 1.52 bits per heavy atom. The van der Waals surface area contributed by atoms with Crippen LogP contribution >= 0.6 is 11.6 Å². The highest BCUT2D eigenvalue weighted by Crippen LogP contribution is 2.57. The number of rotatable bonds is 5. The zero-order chi connectivity index (χ0) is 19.8. The molecule has 0 N–H and O–H groups in total. The molecule has 0 saturated carbocycles. The molecule has 1 saturated heterocycles. The van der Waals surface area contributed by atoms with Crippen LogP contribution in [0.3, 0.4) is 0 Å². The van der Waals surface area contributed by atoms with E-state index in [1.54, 1.807) is 0 Å². The van der Waals surface area contributed by atoms with Gasteiger partial charge in [-0.05, 0) is 34.4 Å². The van der Waals surface area contributed by atoms with Gasteiger partial charge in [-0.25, -0.2) is 0 Å². The second-order valence-electron chi connectivity index (χ2n) is 7.70. The molecule has 0 aromatic heterocycles. The first-order valence-electron chi connectivity index (χ1n) is 9.89. The summed E-state index contributed by atoms with van der Waals surface area (Å²) in [4.78, 5) is 12.9. The summed E-state index contributed by atoms with van der Waals surface area (Å²) in [6, 6.07) is 26.1. The third kappa shape index (κ3) is 3.35. The van der Waals surface area contributed by atoms with Crippen LogP contribution in [0.25, 0.3) is 0 Å². The number of carbonyl (C=O) groups excluding carboxylic acids is 1. The average Bonchev–Trinajstić information content (AvgIpc) is 3.03. The third-order valence-electron chi connectivity index (χ3n) is 6.03. The van der Waals surface area contributed by atoms with Gasteiger partial charge in [-0.1, -0.05) is 78.3 Å². The standard InChI is InChI=1S/C25H21ClO3/c26-18-12-10-17(11-13-18)22-23-21(15-28-14-16-6-2-1-3-7-16)19-8-4-5-9-20(19)24(22)29-25(23)27/h1-13,21-24H,14-15H2/t21-,22+,23-,24+/m0/s1. The number of carbonyl (C=O) groups is 1. The van der Waals surface area contributed by atoms with E-state index in [9.17, 15) is 4.79 Å². The van der Waals surface area contributed by atoms with Crippen LogP contribution in [0.4, 0.5) is 0 Å². The quantitative estimate of drug-likeness (QED) is 0.515. The summed E-state index contributed by atoms with van der Waals surface area (Å²) in [6.07, 6.45) is -0.254. The van der Waals surface area contributed by atoms with Crippen LogP contribution in [-0.2, 0) is 20.9 Å². The van der Waals surface area contributed by atoms with E-state index in [4.69, 9.17) is 21.1 Å². The maximum absolute atomic E-state index is 12.9. The fraction of sp³-hybridized carbons (Fsp3) is 0.240. The number of esters is 1. The van der Waals surface area contributed by atoms with Gasteiger partial charge in [-0.2, -0.15) is 0 Å². The molecular formula is C25H21ClO3. The third-order valence-corrected chi connectivity index (χ3v) is 6.28. The van der Waals surface area contributed by atoms with Crippen molar-refractivity contribution in [2.24, 2.45) is 5.92 Å². The monoisotopic (exact) mass is 404 g/mol. The molecule has 146 valence electrons. The van der Waals surface area contributed by atoms with Crippen molar-refractivity contribution in [1.82, 2.24) is 0 Å². The molecule has 1 fully saturated rings. The second kappa shape index (κ2) is 7.66. The number of hydrogen-bond donors (Lipinski definition) is 0. The van der Waals surface area contributed by atoms with Crippen molar-refractivity contribution in [3.63, 3.8) is 0 Å². The van der Waals surface area contributed by atoms with Gasteiger partial charge < -0.3 is 9.47 Å². The smallest absolute Gasteiger partial charge is 0.311 e. The van der Waals surface area contributed by atoms with Gasteiger partial charge in [0, 0.05) is 16.9 Å². The number of hydrogen-bond acceptors (Lipinski definition) is 3. The zero-order valence-electron chi connectivity index (χ0n) is 15.8. The summed E-state index contributed by atoms with van der Waals surface area (Å²) in [5.41, 5.74) is 4.45. The molecule has 5 rings (SSSR count). The van der Waals surface area contributed by atoms with Crippen LogP contribution in [0.5, 0.6) is 0 Å². The molecule has 29 heavy (non-hydrogen) atoms. The van der Waals surface area contributed by atoms with Crippen LogP contribution in [0.2, 0.25) is 5.02 Å². The summed E-state index contributed by atoms with van der Waals surface area (Å²) < 4.78 is 12.0. The largest absolute Gasteiger partial charge is 0.457 e. The molecule has 3 aromatic carbocycles. The van der Waals surface area contributed by atoms with Gasteiger partial charge in [-0.3, -0.25) is 4.79 Å². The van der Waals surface area contributed by atoms with Gasteiger partial charge in [-0.15, -0.1) is 0 Å². The van der Waals surface area contributed by atoms with E-state index in [-0.39, 0.29) is 29.8 Å². The number of benzene rings is 3. The molecule has 0 radical (unpaired) electrons. The van der Waals surface area contributed by atoms with Crippen molar-refractivity contribution in [2.45, 2.75) is 24.5 Å². The molecule has 2 aliphatic rings. The predicted octanol–water partition coefficient (Wildman–Crippen LogP) is 5.65. The Balaban J connectivity index is 1.48. The molecule has 4 heteroatoms. The number of ether oxygens (including phenoxy) is 2. The Kier molecular flexibility index (Phi) is 4.86. The Morgan fingerprint density at radius 3 is 2.28 bits per heavy atom. The summed E-state index contributed by atoms with van der Waals surface area (Å²) in [5.74, 6) is -0.465. The SMILES string of the molecule is O=C1O[C@@H]2c3ccccc3[C@H](COCc3ccccc3)[C@H]1[C@H]2c1ccc(Cl)cc1. The lowest BCUT2D eigenvalue weighted by atomic mass is 9.67. The fourth-order valence-corrected chi connectivity index (χ4v) is 4.85. The van der Waals surface area contributed by atoms with Crippen LogP contribution < -0.4 is 0 Å². The Morgan fingerprint density at radius 1 is 0.828 bits per heavy atom. The fourth-order valence-electron chi connectivity index (χ4n) is 4.72. The Labute approximate surface area is 175 Å². The summed E-state index contributed by atoms with van der Waals surface area (Å²) in [7, 11) is 0. The highest BCUT2D eigenvalue weighted by molar-refractivity contribution is 6.30. The summed E-state index contributed by atoms with van der Waals surface area (Å²) in [6.45, 7) is 0.999. The van der Waals surface area contributed by atoms with Crippen molar-refractivity contribution in [2.75, 3.05) is 6.61 Å². The second-order valence-corrected chi connectivity index (χ2v) is 8.13. The maximum atomic E-state index is 12.9. The van der Waals surface area contributed by atoms with E-state index in [1.807, 2.05) is 66.7 Å². The molecule has 2 bridgehead atoms. The van der Waals surface area contributed by atoms with Gasteiger partial charge in [0.1, 0.15) is 6.10 Å². The van der Waals surface area contributed by atoms with E-state index >= 15 is 0 Å². The lowest BCUT2D eigenvalue weighted by molar-refractivity contribution is -0.144. The molecular weight excluding hydrogens is 384 g/mol. The first-order chi connectivity index (χ1) is 14.2. The lowest BCUT2D eigenvalue weighted by Crippen LogP contribution is -2.31. The van der Waals surface area contributed by atoms with E-state index in [0.29, 0.717) is 18.2 Å². The molecule has 1 aliphatic carbocycles. The van der Waals surface area contributed by atoms with Crippen molar-refractivity contribution >= 4 is 17.6 Å². The normalized spacial score (nSPS) is 24.8. The minimum atomic E-state index is -0.258. The van der Waals surface area contributed by atoms with Crippen molar-refractivity contribution in [3.05, 3.63) is 106 Å². The first kappa shape index (κ1) is 18.4. The van der Waals surface area contributed by atoms with E-state index in [1.165, 1.54) is 0 Å². The summed E-state index contributed by atoms with van der Waals surface area (Å²) >= 11 is 6.09. The van der Waals surface area contributed by atoms with Gasteiger partial charge >= 0.3 is 5.97 Å². The number of halogens is 1. The van der Waals surface area contributed by atoms with Crippen LogP contribution in [0.15, 0.2) is 78.9 Å². The van der Waals surface area contributed by atoms with E-state index in [2.05, 4.69) is 12.1 Å².